The van der Waals surface area contributed by atoms with Gasteiger partial charge in [0.05, 0.1) is 13.2 Å². The van der Waals surface area contributed by atoms with E-state index in [0.717, 1.165) is 28.1 Å². The fourth-order valence-corrected chi connectivity index (χ4v) is 4.06. The van der Waals surface area contributed by atoms with Gasteiger partial charge in [0.15, 0.2) is 5.78 Å². The molecule has 1 heterocycles. The number of aryl methyl sites for hydroxylation is 3. The van der Waals surface area contributed by atoms with Crippen LogP contribution in [0.4, 0.5) is 15.8 Å². The van der Waals surface area contributed by atoms with E-state index in [2.05, 4.69) is 5.32 Å². The van der Waals surface area contributed by atoms with E-state index in [0.29, 0.717) is 43.0 Å². The Morgan fingerprint density at radius 3 is 2.15 bits per heavy atom. The van der Waals surface area contributed by atoms with Crippen molar-refractivity contribution in [2.45, 2.75) is 20.8 Å². The van der Waals surface area contributed by atoms with E-state index in [1.807, 2.05) is 32.9 Å². The average molecular weight is 447 g/mol. The number of anilines is 2. The zero-order valence-corrected chi connectivity index (χ0v) is 19.1. The molecule has 1 saturated heterocycles. The summed E-state index contributed by atoms with van der Waals surface area (Å²) in [6.07, 6.45) is 0. The van der Waals surface area contributed by atoms with Crippen molar-refractivity contribution >= 4 is 23.1 Å². The summed E-state index contributed by atoms with van der Waals surface area (Å²) in [6.45, 7) is 7.84. The lowest BCUT2D eigenvalue weighted by Crippen LogP contribution is -2.40. The number of nitrogens with zero attached hydrogens (tertiary/aromatic N) is 1. The highest BCUT2D eigenvalue weighted by Gasteiger charge is 2.21. The first kappa shape index (κ1) is 22.7. The third kappa shape index (κ3) is 4.96. The van der Waals surface area contributed by atoms with Crippen molar-refractivity contribution in [1.29, 1.82) is 0 Å². The number of rotatable bonds is 5. The number of carbonyl (C=O) groups is 2. The van der Waals surface area contributed by atoms with Crippen molar-refractivity contribution in [1.82, 2.24) is 4.90 Å². The maximum Gasteiger partial charge on any atom is 0.254 e. The second-order valence-electron chi connectivity index (χ2n) is 8.38. The molecule has 0 bridgehead atoms. The normalized spacial score (nSPS) is 13.6. The van der Waals surface area contributed by atoms with Crippen LogP contribution in [0.5, 0.6) is 0 Å². The monoisotopic (exact) mass is 446 g/mol. The van der Waals surface area contributed by atoms with Gasteiger partial charge in [-0.3, -0.25) is 9.59 Å². The molecule has 1 N–H and O–H groups in total. The van der Waals surface area contributed by atoms with E-state index >= 15 is 0 Å². The van der Waals surface area contributed by atoms with E-state index in [4.69, 9.17) is 4.74 Å². The summed E-state index contributed by atoms with van der Waals surface area (Å²) in [5.74, 6) is -0.397. The van der Waals surface area contributed by atoms with Crippen molar-refractivity contribution in [2.24, 2.45) is 0 Å². The number of ether oxygens (including phenoxy) is 1. The largest absolute Gasteiger partial charge is 0.378 e. The van der Waals surface area contributed by atoms with Crippen LogP contribution in [-0.4, -0.2) is 42.9 Å². The molecular formula is C27H27FN2O3. The van der Waals surface area contributed by atoms with E-state index in [1.54, 1.807) is 35.2 Å². The van der Waals surface area contributed by atoms with Gasteiger partial charge in [0.2, 0.25) is 0 Å². The second kappa shape index (κ2) is 9.55. The summed E-state index contributed by atoms with van der Waals surface area (Å²) < 4.78 is 18.7. The minimum atomic E-state index is -0.275. The summed E-state index contributed by atoms with van der Waals surface area (Å²) in [5, 5.41) is 3.28. The van der Waals surface area contributed by atoms with Crippen LogP contribution in [0.1, 0.15) is 43.0 Å². The highest BCUT2D eigenvalue weighted by Crippen LogP contribution is 2.25. The van der Waals surface area contributed by atoms with Crippen LogP contribution in [0.2, 0.25) is 0 Å². The molecule has 0 aliphatic carbocycles. The van der Waals surface area contributed by atoms with Gasteiger partial charge >= 0.3 is 0 Å². The van der Waals surface area contributed by atoms with Gasteiger partial charge in [0.1, 0.15) is 5.82 Å². The fourth-order valence-electron chi connectivity index (χ4n) is 4.06. The van der Waals surface area contributed by atoms with Crippen molar-refractivity contribution in [3.8, 4) is 0 Å². The molecule has 1 fully saturated rings. The van der Waals surface area contributed by atoms with E-state index in [-0.39, 0.29) is 17.5 Å². The van der Waals surface area contributed by atoms with Gasteiger partial charge in [0, 0.05) is 41.2 Å². The Hall–Kier alpha value is -3.51. The Balaban J connectivity index is 1.53. The van der Waals surface area contributed by atoms with E-state index < -0.39 is 0 Å². The van der Waals surface area contributed by atoms with Crippen molar-refractivity contribution < 1.29 is 18.7 Å². The summed E-state index contributed by atoms with van der Waals surface area (Å²) >= 11 is 0. The molecule has 170 valence electrons. The number of nitrogens with one attached hydrogen (secondary N) is 1. The van der Waals surface area contributed by atoms with Crippen LogP contribution < -0.4 is 5.32 Å². The van der Waals surface area contributed by atoms with Gasteiger partial charge in [-0.25, -0.2) is 4.39 Å². The van der Waals surface area contributed by atoms with Crippen molar-refractivity contribution in [3.63, 3.8) is 0 Å². The molecule has 1 aliphatic rings. The number of hydrogen-bond donors (Lipinski definition) is 1. The van der Waals surface area contributed by atoms with Crippen LogP contribution in [0.3, 0.4) is 0 Å². The molecular weight excluding hydrogens is 419 g/mol. The minimum absolute atomic E-state index is 0.0388. The summed E-state index contributed by atoms with van der Waals surface area (Å²) in [4.78, 5) is 27.8. The number of halogens is 1. The average Bonchev–Trinajstić information content (AvgIpc) is 2.80. The molecule has 6 heteroatoms. The van der Waals surface area contributed by atoms with Crippen LogP contribution in [0.25, 0.3) is 0 Å². The molecule has 3 aromatic rings. The Kier molecular flexibility index (Phi) is 6.56. The van der Waals surface area contributed by atoms with E-state index in [9.17, 15) is 14.0 Å². The van der Waals surface area contributed by atoms with Crippen molar-refractivity contribution in [2.75, 3.05) is 31.6 Å². The number of morpholine rings is 1. The zero-order chi connectivity index (χ0) is 23.5. The van der Waals surface area contributed by atoms with Crippen LogP contribution in [-0.2, 0) is 4.74 Å². The number of ketones is 1. The summed E-state index contributed by atoms with van der Waals surface area (Å²) in [6, 6.07) is 15.4. The lowest BCUT2D eigenvalue weighted by molar-refractivity contribution is 0.0303. The highest BCUT2D eigenvalue weighted by atomic mass is 19.1. The molecule has 0 radical (unpaired) electrons. The summed E-state index contributed by atoms with van der Waals surface area (Å²) in [7, 11) is 0. The minimum Gasteiger partial charge on any atom is -0.378 e. The van der Waals surface area contributed by atoms with Gasteiger partial charge < -0.3 is 15.0 Å². The molecule has 0 spiro atoms. The smallest absolute Gasteiger partial charge is 0.254 e. The highest BCUT2D eigenvalue weighted by molar-refractivity contribution is 6.11. The molecule has 0 saturated carbocycles. The first-order valence-corrected chi connectivity index (χ1v) is 11.0. The number of benzene rings is 3. The third-order valence-corrected chi connectivity index (χ3v) is 5.95. The fraction of sp³-hybridized carbons (Fsp3) is 0.259. The van der Waals surface area contributed by atoms with Crippen LogP contribution in [0.15, 0.2) is 54.6 Å². The maximum absolute atomic E-state index is 13.4. The molecule has 1 aliphatic heterocycles. The van der Waals surface area contributed by atoms with Gasteiger partial charge in [0.25, 0.3) is 5.91 Å². The molecule has 0 atom stereocenters. The molecule has 0 unspecified atom stereocenters. The van der Waals surface area contributed by atoms with Gasteiger partial charge in [-0.1, -0.05) is 0 Å². The standard InChI is InChI=1S/C27H27FN2O3/c1-17-14-20(27(32)30-10-12-33-13-11-30)4-7-23(17)26(31)24-8-6-22(16-18(24)2)29-25-9-5-21(28)15-19(25)3/h4-9,14-16,29H,10-13H2,1-3H3. The predicted molar refractivity (Wildman–Crippen MR) is 127 cm³/mol. The molecule has 3 aromatic carbocycles. The lowest BCUT2D eigenvalue weighted by atomic mass is 9.94. The number of carbonyl (C=O) groups excluding carboxylic acids is 2. The Labute approximate surface area is 193 Å². The zero-order valence-electron chi connectivity index (χ0n) is 19.1. The third-order valence-electron chi connectivity index (χ3n) is 5.95. The van der Waals surface area contributed by atoms with Crippen LogP contribution in [0, 0.1) is 26.6 Å². The quantitative estimate of drug-likeness (QED) is 0.548. The van der Waals surface area contributed by atoms with Gasteiger partial charge in [-0.15, -0.1) is 0 Å². The molecule has 33 heavy (non-hydrogen) atoms. The molecule has 0 aromatic heterocycles. The first-order chi connectivity index (χ1) is 15.8. The maximum atomic E-state index is 13.4. The van der Waals surface area contributed by atoms with Gasteiger partial charge in [-0.05, 0) is 92.1 Å². The summed E-state index contributed by atoms with van der Waals surface area (Å²) in [5.41, 5.74) is 5.79. The first-order valence-electron chi connectivity index (χ1n) is 11.0. The topological polar surface area (TPSA) is 58.6 Å². The predicted octanol–water partition coefficient (Wildman–Crippen LogP) is 5.20. The lowest BCUT2D eigenvalue weighted by Gasteiger charge is -2.27. The van der Waals surface area contributed by atoms with E-state index in [1.165, 1.54) is 12.1 Å². The van der Waals surface area contributed by atoms with Crippen molar-refractivity contribution in [3.05, 3.63) is 93.8 Å². The van der Waals surface area contributed by atoms with Crippen LogP contribution >= 0.6 is 0 Å². The molecule has 1 amide bonds. The Bertz CT molecular complexity index is 1220. The molecule has 5 nitrogen and oxygen atoms in total. The Morgan fingerprint density at radius 2 is 1.52 bits per heavy atom. The number of hydrogen-bond acceptors (Lipinski definition) is 4. The molecule has 4 rings (SSSR count). The van der Waals surface area contributed by atoms with Gasteiger partial charge in [-0.2, -0.15) is 0 Å². The number of amides is 1. The SMILES string of the molecule is Cc1cc(F)ccc1Nc1ccc(C(=O)c2ccc(C(=O)N3CCOCC3)cc2C)c(C)c1. The Morgan fingerprint density at radius 1 is 0.848 bits per heavy atom. The second-order valence-corrected chi connectivity index (χ2v) is 8.38.